The lowest BCUT2D eigenvalue weighted by Gasteiger charge is -2.30. The highest BCUT2D eigenvalue weighted by Crippen LogP contribution is 2.28. The van der Waals surface area contributed by atoms with Crippen molar-refractivity contribution >= 4 is 17.7 Å². The molecule has 3 heterocycles. The van der Waals surface area contributed by atoms with Crippen LogP contribution in [0.4, 0.5) is 0 Å². The number of aliphatic hydroxyl groups excluding tert-OH is 1. The van der Waals surface area contributed by atoms with Gasteiger partial charge in [0, 0.05) is 26.1 Å². The molecular formula is C16H22N4O3S. The molecule has 2 aromatic heterocycles. The van der Waals surface area contributed by atoms with Crippen LogP contribution >= 0.6 is 11.8 Å². The van der Waals surface area contributed by atoms with E-state index in [2.05, 4.69) is 10.2 Å². The molecule has 1 aliphatic rings. The second kappa shape index (κ2) is 7.40. The summed E-state index contributed by atoms with van der Waals surface area (Å²) in [6.45, 7) is 1.23. The van der Waals surface area contributed by atoms with Gasteiger partial charge in [0.2, 0.25) is 0 Å². The molecule has 3 rings (SSSR count). The number of amides is 1. The Hall–Kier alpha value is -1.80. The fraction of sp³-hybridized carbons (Fsp3) is 0.562. The molecule has 1 aliphatic heterocycles. The summed E-state index contributed by atoms with van der Waals surface area (Å²) in [4.78, 5) is 14.4. The highest BCUT2D eigenvalue weighted by atomic mass is 32.2. The Morgan fingerprint density at radius 1 is 1.38 bits per heavy atom. The van der Waals surface area contributed by atoms with Gasteiger partial charge in [-0.05, 0) is 31.2 Å². The number of hydrogen-bond donors (Lipinski definition) is 1. The minimum absolute atomic E-state index is 0.0465. The van der Waals surface area contributed by atoms with Gasteiger partial charge in [-0.1, -0.05) is 0 Å². The van der Waals surface area contributed by atoms with Gasteiger partial charge in [0.1, 0.15) is 18.2 Å². The zero-order chi connectivity index (χ0) is 17.1. The number of carbonyl (C=O) groups excluding carboxylic acids is 1. The summed E-state index contributed by atoms with van der Waals surface area (Å²) in [7, 11) is 1.87. The first kappa shape index (κ1) is 17.0. The first-order valence-corrected chi connectivity index (χ1v) is 9.39. The van der Waals surface area contributed by atoms with Crippen molar-refractivity contribution < 1.29 is 14.3 Å². The van der Waals surface area contributed by atoms with E-state index < -0.39 is 0 Å². The van der Waals surface area contributed by atoms with E-state index in [0.29, 0.717) is 24.7 Å². The van der Waals surface area contributed by atoms with Crippen molar-refractivity contribution in [3.05, 3.63) is 35.3 Å². The van der Waals surface area contributed by atoms with E-state index in [9.17, 15) is 9.90 Å². The number of piperidine rings is 1. The molecule has 0 atom stereocenters. The number of furan rings is 1. The number of thioether (sulfide) groups is 1. The predicted molar refractivity (Wildman–Crippen MR) is 90.7 cm³/mol. The van der Waals surface area contributed by atoms with Crippen molar-refractivity contribution in [1.82, 2.24) is 19.7 Å². The van der Waals surface area contributed by atoms with Gasteiger partial charge in [-0.2, -0.15) is 11.8 Å². The molecule has 0 radical (unpaired) electrons. The summed E-state index contributed by atoms with van der Waals surface area (Å²) in [6, 6.07) is 3.63. The van der Waals surface area contributed by atoms with Crippen LogP contribution in [0.3, 0.4) is 0 Å². The highest BCUT2D eigenvalue weighted by molar-refractivity contribution is 7.97. The fourth-order valence-electron chi connectivity index (χ4n) is 3.08. The minimum atomic E-state index is -0.113. The molecule has 0 unspecified atom stereocenters. The lowest BCUT2D eigenvalue weighted by molar-refractivity contribution is 0.0676. The van der Waals surface area contributed by atoms with E-state index in [1.54, 1.807) is 17.8 Å². The fourth-order valence-corrected chi connectivity index (χ4v) is 3.52. The maximum Gasteiger partial charge on any atom is 0.289 e. The van der Waals surface area contributed by atoms with Gasteiger partial charge in [-0.3, -0.25) is 4.79 Å². The van der Waals surface area contributed by atoms with Crippen LogP contribution in [-0.4, -0.2) is 50.0 Å². The molecule has 0 aromatic carbocycles. The Kier molecular flexibility index (Phi) is 5.25. The average Bonchev–Trinajstić information content (AvgIpc) is 3.21. The van der Waals surface area contributed by atoms with E-state index in [1.807, 2.05) is 28.8 Å². The third-order valence-electron chi connectivity index (χ3n) is 4.45. The molecule has 0 saturated carbocycles. The Morgan fingerprint density at radius 3 is 2.75 bits per heavy atom. The van der Waals surface area contributed by atoms with Crippen molar-refractivity contribution in [2.24, 2.45) is 7.05 Å². The second-order valence-corrected chi connectivity index (χ2v) is 6.82. The second-order valence-electron chi connectivity index (χ2n) is 5.96. The molecule has 0 spiro atoms. The molecule has 8 heteroatoms. The van der Waals surface area contributed by atoms with E-state index in [1.165, 1.54) is 0 Å². The molecule has 24 heavy (non-hydrogen) atoms. The van der Waals surface area contributed by atoms with Crippen LogP contribution < -0.4 is 0 Å². The van der Waals surface area contributed by atoms with Gasteiger partial charge in [-0.15, -0.1) is 10.2 Å². The van der Waals surface area contributed by atoms with Crippen LogP contribution in [0.5, 0.6) is 0 Å². The van der Waals surface area contributed by atoms with Crippen LogP contribution in [0.25, 0.3) is 0 Å². The van der Waals surface area contributed by atoms with E-state index in [-0.39, 0.29) is 18.4 Å². The monoisotopic (exact) mass is 350 g/mol. The first-order chi connectivity index (χ1) is 11.6. The topological polar surface area (TPSA) is 84.4 Å². The standard InChI is InChI=1S/C16H22N4O3S/c1-19-14(9-21)17-18-15(19)11-5-7-20(8-6-11)16(22)13-4-3-12(23-13)10-24-2/h3-4,11,21H,5-10H2,1-2H3. The van der Waals surface area contributed by atoms with Gasteiger partial charge >= 0.3 is 0 Å². The van der Waals surface area contributed by atoms with Gasteiger partial charge in [-0.25, -0.2) is 0 Å². The Balaban J connectivity index is 1.61. The highest BCUT2D eigenvalue weighted by Gasteiger charge is 2.28. The van der Waals surface area contributed by atoms with Crippen LogP contribution in [0.2, 0.25) is 0 Å². The maximum atomic E-state index is 12.5. The minimum Gasteiger partial charge on any atom is -0.455 e. The lowest BCUT2D eigenvalue weighted by Crippen LogP contribution is -2.38. The van der Waals surface area contributed by atoms with Gasteiger partial charge in [0.05, 0.1) is 5.75 Å². The molecule has 130 valence electrons. The molecule has 1 fully saturated rings. The maximum absolute atomic E-state index is 12.5. The summed E-state index contributed by atoms with van der Waals surface area (Å²) < 4.78 is 7.47. The Labute approximate surface area is 145 Å². The molecule has 0 aliphatic carbocycles. The first-order valence-electron chi connectivity index (χ1n) is 8.00. The molecule has 2 aromatic rings. The number of aromatic nitrogens is 3. The summed E-state index contributed by atoms with van der Waals surface area (Å²) >= 11 is 1.67. The van der Waals surface area contributed by atoms with Crippen LogP contribution in [0.1, 0.15) is 46.7 Å². The molecular weight excluding hydrogens is 328 g/mol. The number of nitrogens with zero attached hydrogens (tertiary/aromatic N) is 4. The summed E-state index contributed by atoms with van der Waals surface area (Å²) in [5.74, 6) is 3.68. The molecule has 1 N–H and O–H groups in total. The largest absolute Gasteiger partial charge is 0.455 e. The Bertz CT molecular complexity index is 704. The summed E-state index contributed by atoms with van der Waals surface area (Å²) in [5, 5.41) is 17.4. The third kappa shape index (κ3) is 3.34. The number of carbonyl (C=O) groups is 1. The number of aliphatic hydroxyl groups is 1. The predicted octanol–water partition coefficient (Wildman–Crippen LogP) is 1.78. The van der Waals surface area contributed by atoms with Crippen LogP contribution in [0, 0.1) is 0 Å². The lowest BCUT2D eigenvalue weighted by atomic mass is 9.95. The van der Waals surface area contributed by atoms with Crippen LogP contribution in [0.15, 0.2) is 16.5 Å². The summed E-state index contributed by atoms with van der Waals surface area (Å²) in [5.41, 5.74) is 0. The van der Waals surface area contributed by atoms with Gasteiger partial charge in [0.25, 0.3) is 5.91 Å². The van der Waals surface area contributed by atoms with Crippen molar-refractivity contribution in [3.8, 4) is 0 Å². The molecule has 1 saturated heterocycles. The zero-order valence-electron chi connectivity index (χ0n) is 13.9. The Morgan fingerprint density at radius 2 is 2.12 bits per heavy atom. The normalized spacial score (nSPS) is 15.9. The van der Waals surface area contributed by atoms with E-state index in [4.69, 9.17) is 4.42 Å². The van der Waals surface area contributed by atoms with E-state index >= 15 is 0 Å². The van der Waals surface area contributed by atoms with Crippen LogP contribution in [-0.2, 0) is 19.4 Å². The zero-order valence-corrected chi connectivity index (χ0v) is 14.8. The molecule has 7 nitrogen and oxygen atoms in total. The average molecular weight is 350 g/mol. The van der Waals surface area contributed by atoms with Crippen molar-refractivity contribution in [2.45, 2.75) is 31.1 Å². The SMILES string of the molecule is CSCc1ccc(C(=O)N2CCC(c3nnc(CO)n3C)CC2)o1. The molecule has 0 bridgehead atoms. The van der Waals surface area contributed by atoms with Gasteiger partial charge < -0.3 is 19.0 Å². The number of rotatable bonds is 5. The number of likely N-dealkylation sites (tertiary alicyclic amines) is 1. The smallest absolute Gasteiger partial charge is 0.289 e. The van der Waals surface area contributed by atoms with Crippen molar-refractivity contribution in [2.75, 3.05) is 19.3 Å². The summed E-state index contributed by atoms with van der Waals surface area (Å²) in [6.07, 6.45) is 3.67. The van der Waals surface area contributed by atoms with E-state index in [0.717, 1.165) is 30.2 Å². The quantitative estimate of drug-likeness (QED) is 0.885. The number of hydrogen-bond acceptors (Lipinski definition) is 6. The van der Waals surface area contributed by atoms with Crippen molar-refractivity contribution in [3.63, 3.8) is 0 Å². The molecule has 1 amide bonds. The third-order valence-corrected chi connectivity index (χ3v) is 5.02. The van der Waals surface area contributed by atoms with Crippen molar-refractivity contribution in [1.29, 1.82) is 0 Å². The van der Waals surface area contributed by atoms with Gasteiger partial charge in [0.15, 0.2) is 11.6 Å².